The first-order valence-corrected chi connectivity index (χ1v) is 8.55. The van der Waals surface area contributed by atoms with Crippen LogP contribution in [0.25, 0.3) is 0 Å². The highest BCUT2D eigenvalue weighted by atomic mass is 127. The third kappa shape index (κ3) is 4.33. The highest BCUT2D eigenvalue weighted by Gasteiger charge is 2.53. The van der Waals surface area contributed by atoms with Crippen molar-refractivity contribution in [2.24, 2.45) is 10.4 Å². The minimum atomic E-state index is 0. The molecule has 0 unspecified atom stereocenters. The fourth-order valence-corrected chi connectivity index (χ4v) is 2.98. The Hall–Kier alpha value is -1.18. The van der Waals surface area contributed by atoms with Crippen molar-refractivity contribution < 1.29 is 9.47 Å². The Labute approximate surface area is 169 Å². The maximum absolute atomic E-state index is 5.65. The average Bonchev–Trinajstić information content (AvgIpc) is 2.55. The van der Waals surface area contributed by atoms with Gasteiger partial charge in [0.15, 0.2) is 17.5 Å². The molecule has 2 rings (SSSR count). The molecule has 0 radical (unpaired) electrons. The standard InChI is InChI=1S/C19H31N3O2.HI/c1-8-24-16-11-14(9-10-15(16)23-7)12-21-17(20-6)22-13-18(2,3)19(22,4)5;/h9-11H,8,12-13H2,1-7H3,(H,20,21);1H. The fourth-order valence-electron chi connectivity index (χ4n) is 2.98. The predicted octanol–water partition coefficient (Wildman–Crippen LogP) is 3.91. The number of halogens is 1. The first-order valence-electron chi connectivity index (χ1n) is 8.55. The Bertz CT molecular complexity index is 615. The van der Waals surface area contributed by atoms with Gasteiger partial charge in [-0.3, -0.25) is 4.99 Å². The molecule has 0 aromatic heterocycles. The van der Waals surface area contributed by atoms with Crippen LogP contribution in [0, 0.1) is 5.41 Å². The second-order valence-electron chi connectivity index (χ2n) is 7.35. The SMILES string of the molecule is CCOc1cc(CNC(=NC)N2CC(C)(C)C2(C)C)ccc1OC.I. The van der Waals surface area contributed by atoms with E-state index < -0.39 is 0 Å². The average molecular weight is 461 g/mol. The number of benzene rings is 1. The zero-order valence-electron chi connectivity index (χ0n) is 16.5. The molecule has 6 heteroatoms. The number of hydrogen-bond acceptors (Lipinski definition) is 3. The van der Waals surface area contributed by atoms with Crippen molar-refractivity contribution in [3.8, 4) is 11.5 Å². The van der Waals surface area contributed by atoms with Crippen LogP contribution >= 0.6 is 24.0 Å². The molecular formula is C19H32IN3O2. The van der Waals surface area contributed by atoms with Crippen molar-refractivity contribution in [3.05, 3.63) is 23.8 Å². The van der Waals surface area contributed by atoms with Crippen molar-refractivity contribution in [1.82, 2.24) is 10.2 Å². The van der Waals surface area contributed by atoms with Gasteiger partial charge in [-0.25, -0.2) is 0 Å². The molecular weight excluding hydrogens is 429 g/mol. The van der Waals surface area contributed by atoms with Crippen LogP contribution in [0.1, 0.15) is 40.2 Å². The summed E-state index contributed by atoms with van der Waals surface area (Å²) >= 11 is 0. The zero-order chi connectivity index (χ0) is 18.0. The van der Waals surface area contributed by atoms with E-state index in [1.807, 2.05) is 32.2 Å². The van der Waals surface area contributed by atoms with E-state index in [9.17, 15) is 0 Å². The monoisotopic (exact) mass is 461 g/mol. The number of nitrogens with one attached hydrogen (secondary N) is 1. The Morgan fingerprint density at radius 1 is 1.24 bits per heavy atom. The van der Waals surface area contributed by atoms with Gasteiger partial charge in [-0.1, -0.05) is 19.9 Å². The highest BCUT2D eigenvalue weighted by molar-refractivity contribution is 14.0. The van der Waals surface area contributed by atoms with Crippen LogP contribution in [0.4, 0.5) is 0 Å². The summed E-state index contributed by atoms with van der Waals surface area (Å²) in [6, 6.07) is 6.02. The summed E-state index contributed by atoms with van der Waals surface area (Å²) in [4.78, 5) is 6.79. The van der Waals surface area contributed by atoms with Crippen molar-refractivity contribution in [3.63, 3.8) is 0 Å². The summed E-state index contributed by atoms with van der Waals surface area (Å²) in [6.07, 6.45) is 0. The predicted molar refractivity (Wildman–Crippen MR) is 114 cm³/mol. The lowest BCUT2D eigenvalue weighted by atomic mass is 9.65. The molecule has 1 N–H and O–H groups in total. The molecule has 0 spiro atoms. The molecule has 0 atom stereocenters. The lowest BCUT2D eigenvalue weighted by Gasteiger charge is -2.62. The van der Waals surface area contributed by atoms with E-state index in [0.29, 0.717) is 13.2 Å². The molecule has 1 fully saturated rings. The minimum absolute atomic E-state index is 0. The van der Waals surface area contributed by atoms with Crippen LogP contribution in [0.3, 0.4) is 0 Å². The molecule has 142 valence electrons. The molecule has 1 aliphatic rings. The first-order chi connectivity index (χ1) is 11.3. The molecule has 0 amide bonds. The fraction of sp³-hybridized carbons (Fsp3) is 0.632. The third-order valence-electron chi connectivity index (χ3n) is 5.33. The molecule has 0 aliphatic carbocycles. The molecule has 25 heavy (non-hydrogen) atoms. The maximum Gasteiger partial charge on any atom is 0.194 e. The van der Waals surface area contributed by atoms with Gasteiger partial charge in [-0.05, 0) is 38.5 Å². The van der Waals surface area contributed by atoms with E-state index >= 15 is 0 Å². The van der Waals surface area contributed by atoms with Crippen molar-refractivity contribution in [2.45, 2.75) is 46.7 Å². The second-order valence-corrected chi connectivity index (χ2v) is 7.35. The van der Waals surface area contributed by atoms with Gasteiger partial charge in [0.2, 0.25) is 0 Å². The molecule has 1 aromatic carbocycles. The summed E-state index contributed by atoms with van der Waals surface area (Å²) in [5.74, 6) is 2.48. The van der Waals surface area contributed by atoms with Gasteiger partial charge in [0.05, 0.1) is 13.7 Å². The number of hydrogen-bond donors (Lipinski definition) is 1. The topological polar surface area (TPSA) is 46.1 Å². The summed E-state index contributed by atoms with van der Waals surface area (Å²) < 4.78 is 11.0. The Morgan fingerprint density at radius 2 is 1.92 bits per heavy atom. The van der Waals surface area contributed by atoms with Gasteiger partial charge in [0, 0.05) is 31.1 Å². The number of likely N-dealkylation sites (tertiary alicyclic amines) is 1. The Balaban J connectivity index is 0.00000312. The Morgan fingerprint density at radius 3 is 2.40 bits per heavy atom. The summed E-state index contributed by atoms with van der Waals surface area (Å²) in [6.45, 7) is 13.4. The van der Waals surface area contributed by atoms with Gasteiger partial charge in [0.25, 0.3) is 0 Å². The van der Waals surface area contributed by atoms with E-state index in [-0.39, 0.29) is 34.9 Å². The number of nitrogens with zero attached hydrogens (tertiary/aromatic N) is 2. The second kappa shape index (κ2) is 8.47. The van der Waals surface area contributed by atoms with Gasteiger partial charge in [-0.15, -0.1) is 24.0 Å². The zero-order valence-corrected chi connectivity index (χ0v) is 18.8. The van der Waals surface area contributed by atoms with Crippen LogP contribution in [0.2, 0.25) is 0 Å². The largest absolute Gasteiger partial charge is 0.493 e. The number of guanidine groups is 1. The normalized spacial score (nSPS) is 18.0. The van der Waals surface area contributed by atoms with Gasteiger partial charge < -0.3 is 19.7 Å². The van der Waals surface area contributed by atoms with Crippen molar-refractivity contribution >= 4 is 29.9 Å². The van der Waals surface area contributed by atoms with Crippen LogP contribution < -0.4 is 14.8 Å². The number of methoxy groups -OCH3 is 1. The molecule has 1 aliphatic heterocycles. The molecule has 0 saturated carbocycles. The third-order valence-corrected chi connectivity index (χ3v) is 5.33. The summed E-state index contributed by atoms with van der Waals surface area (Å²) in [5, 5.41) is 3.47. The quantitative estimate of drug-likeness (QED) is 0.411. The lowest BCUT2D eigenvalue weighted by molar-refractivity contribution is -0.0667. The number of ether oxygens (including phenoxy) is 2. The highest BCUT2D eigenvalue weighted by Crippen LogP contribution is 2.46. The summed E-state index contributed by atoms with van der Waals surface area (Å²) in [5.41, 5.74) is 1.51. The van der Waals surface area contributed by atoms with E-state index in [1.54, 1.807) is 7.11 Å². The minimum Gasteiger partial charge on any atom is -0.493 e. The smallest absolute Gasteiger partial charge is 0.194 e. The van der Waals surface area contributed by atoms with Crippen LogP contribution in [0.5, 0.6) is 11.5 Å². The lowest BCUT2D eigenvalue weighted by Crippen LogP contribution is -2.72. The Kier molecular flexibility index (Phi) is 7.40. The van der Waals surface area contributed by atoms with Crippen LogP contribution in [-0.4, -0.2) is 43.7 Å². The molecule has 5 nitrogen and oxygen atoms in total. The van der Waals surface area contributed by atoms with E-state index in [4.69, 9.17) is 9.47 Å². The number of rotatable bonds is 5. The van der Waals surface area contributed by atoms with Crippen molar-refractivity contribution in [1.29, 1.82) is 0 Å². The van der Waals surface area contributed by atoms with Crippen molar-refractivity contribution in [2.75, 3.05) is 27.3 Å². The van der Waals surface area contributed by atoms with Gasteiger partial charge in [0.1, 0.15) is 0 Å². The maximum atomic E-state index is 5.65. The van der Waals surface area contributed by atoms with Gasteiger partial charge in [-0.2, -0.15) is 0 Å². The van der Waals surface area contributed by atoms with Gasteiger partial charge >= 0.3 is 0 Å². The van der Waals surface area contributed by atoms with E-state index in [0.717, 1.165) is 29.6 Å². The van der Waals surface area contributed by atoms with E-state index in [2.05, 4.69) is 42.9 Å². The molecule has 1 aromatic rings. The van der Waals surface area contributed by atoms with E-state index in [1.165, 1.54) is 0 Å². The first kappa shape index (κ1) is 21.9. The number of aliphatic imine (C=N–C) groups is 1. The van der Waals surface area contributed by atoms with Crippen LogP contribution in [-0.2, 0) is 6.54 Å². The van der Waals surface area contributed by atoms with Crippen LogP contribution in [0.15, 0.2) is 23.2 Å². The molecule has 1 heterocycles. The molecule has 1 saturated heterocycles. The molecule has 0 bridgehead atoms. The summed E-state index contributed by atoms with van der Waals surface area (Å²) in [7, 11) is 3.49.